The fourth-order valence-electron chi connectivity index (χ4n) is 3.63. The first-order valence-electron chi connectivity index (χ1n) is 9.46. The molecule has 3 rings (SSSR count). The molecule has 8 heteroatoms. The van der Waals surface area contributed by atoms with E-state index in [4.69, 9.17) is 4.74 Å². The molecule has 2 fully saturated rings. The minimum Gasteiger partial charge on any atom is -0.454 e. The number of nitrogens with one attached hydrogen (secondary N) is 2. The van der Waals surface area contributed by atoms with Gasteiger partial charge in [0, 0.05) is 5.69 Å². The number of urea groups is 1. The molecule has 1 spiro atoms. The van der Waals surface area contributed by atoms with Crippen molar-refractivity contribution in [3.8, 4) is 0 Å². The molecule has 0 atom stereocenters. The van der Waals surface area contributed by atoms with Crippen LogP contribution in [0.1, 0.15) is 38.2 Å². The summed E-state index contributed by atoms with van der Waals surface area (Å²) in [6.45, 7) is 2.98. The van der Waals surface area contributed by atoms with E-state index in [2.05, 4.69) is 17.6 Å². The Morgan fingerprint density at radius 2 is 1.93 bits per heavy atom. The lowest BCUT2D eigenvalue weighted by atomic mass is 9.77. The van der Waals surface area contributed by atoms with Gasteiger partial charge in [-0.05, 0) is 50.2 Å². The van der Waals surface area contributed by atoms with Crippen molar-refractivity contribution >= 4 is 29.5 Å². The van der Waals surface area contributed by atoms with E-state index in [0.717, 1.165) is 23.3 Å². The third-order valence-corrected chi connectivity index (χ3v) is 5.44. The minimum absolute atomic E-state index is 0.384. The highest BCUT2D eigenvalue weighted by atomic mass is 16.5. The third-order valence-electron chi connectivity index (χ3n) is 5.44. The highest BCUT2D eigenvalue weighted by molar-refractivity contribution is 6.08. The Kier molecular flexibility index (Phi) is 5.67. The SMILES string of the molecule is Cc1ccccc1NC(=O)COC(=O)CN1C(=O)NC2(CCC(C)CC2)C1=O. The molecule has 0 unspecified atom stereocenters. The predicted octanol–water partition coefficient (Wildman–Crippen LogP) is 1.98. The molecule has 1 aromatic carbocycles. The van der Waals surface area contributed by atoms with E-state index in [1.807, 2.05) is 19.1 Å². The number of anilines is 1. The molecule has 1 saturated carbocycles. The van der Waals surface area contributed by atoms with Crippen molar-refractivity contribution in [1.29, 1.82) is 0 Å². The fraction of sp³-hybridized carbons (Fsp3) is 0.500. The molecule has 28 heavy (non-hydrogen) atoms. The number of carbonyl (C=O) groups is 4. The number of imide groups is 1. The monoisotopic (exact) mass is 387 g/mol. The summed E-state index contributed by atoms with van der Waals surface area (Å²) in [4.78, 5) is 49.8. The van der Waals surface area contributed by atoms with Crippen LogP contribution < -0.4 is 10.6 Å². The molecule has 1 aromatic rings. The molecule has 0 bridgehead atoms. The van der Waals surface area contributed by atoms with Gasteiger partial charge in [0.25, 0.3) is 11.8 Å². The van der Waals surface area contributed by atoms with Crippen molar-refractivity contribution < 1.29 is 23.9 Å². The summed E-state index contributed by atoms with van der Waals surface area (Å²) in [6.07, 6.45) is 2.85. The van der Waals surface area contributed by atoms with Crippen LogP contribution in [0.2, 0.25) is 0 Å². The lowest BCUT2D eigenvalue weighted by Crippen LogP contribution is -2.49. The van der Waals surface area contributed by atoms with Crippen LogP contribution in [0.3, 0.4) is 0 Å². The summed E-state index contributed by atoms with van der Waals surface area (Å²) in [5.74, 6) is -1.16. The number of rotatable bonds is 5. The van der Waals surface area contributed by atoms with Crippen molar-refractivity contribution in [2.45, 2.75) is 45.1 Å². The molecule has 4 amide bonds. The summed E-state index contributed by atoms with van der Waals surface area (Å²) in [5, 5.41) is 5.40. The standard InChI is InChI=1S/C20H25N3O5/c1-13-7-9-20(10-8-13)18(26)23(19(27)22-20)11-17(25)28-12-16(24)21-15-6-4-3-5-14(15)2/h3-6,13H,7-12H2,1-2H3,(H,21,24)(H,22,27). The van der Waals surface area contributed by atoms with Crippen LogP contribution in [0.25, 0.3) is 0 Å². The zero-order valence-corrected chi connectivity index (χ0v) is 16.1. The van der Waals surface area contributed by atoms with Crippen LogP contribution in [-0.2, 0) is 19.1 Å². The quantitative estimate of drug-likeness (QED) is 0.594. The Labute approximate surface area is 163 Å². The van der Waals surface area contributed by atoms with E-state index in [1.165, 1.54) is 0 Å². The van der Waals surface area contributed by atoms with Gasteiger partial charge in [0.2, 0.25) is 0 Å². The molecule has 8 nitrogen and oxygen atoms in total. The molecule has 1 saturated heterocycles. The van der Waals surface area contributed by atoms with Crippen molar-refractivity contribution in [2.24, 2.45) is 5.92 Å². The number of hydrogen-bond donors (Lipinski definition) is 2. The lowest BCUT2D eigenvalue weighted by molar-refractivity contribution is -0.150. The summed E-state index contributed by atoms with van der Waals surface area (Å²) in [7, 11) is 0. The Morgan fingerprint density at radius 1 is 1.25 bits per heavy atom. The van der Waals surface area contributed by atoms with E-state index in [9.17, 15) is 19.2 Å². The van der Waals surface area contributed by atoms with Crippen LogP contribution >= 0.6 is 0 Å². The number of nitrogens with zero attached hydrogens (tertiary/aromatic N) is 1. The summed E-state index contributed by atoms with van der Waals surface area (Å²) in [5.41, 5.74) is 0.617. The van der Waals surface area contributed by atoms with Gasteiger partial charge in [-0.2, -0.15) is 0 Å². The maximum Gasteiger partial charge on any atom is 0.326 e. The predicted molar refractivity (Wildman–Crippen MR) is 101 cm³/mol. The second-order valence-electron chi connectivity index (χ2n) is 7.61. The average molecular weight is 387 g/mol. The van der Waals surface area contributed by atoms with Crippen molar-refractivity contribution in [2.75, 3.05) is 18.5 Å². The maximum atomic E-state index is 12.7. The van der Waals surface area contributed by atoms with Crippen molar-refractivity contribution in [3.63, 3.8) is 0 Å². The van der Waals surface area contributed by atoms with Crippen LogP contribution in [0, 0.1) is 12.8 Å². The Bertz CT molecular complexity index is 799. The first-order chi connectivity index (χ1) is 13.3. The fourth-order valence-corrected chi connectivity index (χ4v) is 3.63. The number of amides is 4. The van der Waals surface area contributed by atoms with Crippen LogP contribution in [0.4, 0.5) is 10.5 Å². The maximum absolute atomic E-state index is 12.7. The van der Waals surface area contributed by atoms with Gasteiger partial charge in [0.1, 0.15) is 12.1 Å². The molecule has 1 aliphatic heterocycles. The van der Waals surface area contributed by atoms with Gasteiger partial charge in [-0.1, -0.05) is 25.1 Å². The molecular weight excluding hydrogens is 362 g/mol. The van der Waals surface area contributed by atoms with Crippen LogP contribution in [0.15, 0.2) is 24.3 Å². The zero-order chi connectivity index (χ0) is 20.3. The van der Waals surface area contributed by atoms with E-state index in [0.29, 0.717) is 24.4 Å². The van der Waals surface area contributed by atoms with Gasteiger partial charge in [0.15, 0.2) is 6.61 Å². The molecule has 2 N–H and O–H groups in total. The van der Waals surface area contributed by atoms with E-state index in [-0.39, 0.29) is 5.91 Å². The number of esters is 1. The summed E-state index contributed by atoms with van der Waals surface area (Å²) < 4.78 is 4.94. The van der Waals surface area contributed by atoms with E-state index >= 15 is 0 Å². The normalized spacial score (nSPS) is 24.2. The highest BCUT2D eigenvalue weighted by Gasteiger charge is 2.52. The first-order valence-corrected chi connectivity index (χ1v) is 9.46. The van der Waals surface area contributed by atoms with Crippen LogP contribution in [0.5, 0.6) is 0 Å². The Hall–Kier alpha value is -2.90. The van der Waals surface area contributed by atoms with Gasteiger partial charge in [-0.25, -0.2) is 4.79 Å². The van der Waals surface area contributed by atoms with Crippen molar-refractivity contribution in [1.82, 2.24) is 10.2 Å². The van der Waals surface area contributed by atoms with Crippen molar-refractivity contribution in [3.05, 3.63) is 29.8 Å². The number of aryl methyl sites for hydroxylation is 1. The summed E-state index contributed by atoms with van der Waals surface area (Å²) in [6, 6.07) is 6.64. The molecule has 0 radical (unpaired) electrons. The number of ether oxygens (including phenoxy) is 1. The molecule has 150 valence electrons. The molecule has 1 aliphatic carbocycles. The third kappa shape index (κ3) is 4.16. The van der Waals surface area contributed by atoms with Gasteiger partial charge in [-0.15, -0.1) is 0 Å². The minimum atomic E-state index is -0.897. The topological polar surface area (TPSA) is 105 Å². The number of hydrogen-bond acceptors (Lipinski definition) is 5. The second-order valence-corrected chi connectivity index (χ2v) is 7.61. The van der Waals surface area contributed by atoms with Gasteiger partial charge in [0.05, 0.1) is 0 Å². The zero-order valence-electron chi connectivity index (χ0n) is 16.1. The second kappa shape index (κ2) is 8.00. The van der Waals surface area contributed by atoms with E-state index < -0.39 is 36.6 Å². The average Bonchev–Trinajstić information content (AvgIpc) is 2.89. The molecule has 2 aliphatic rings. The lowest BCUT2D eigenvalue weighted by Gasteiger charge is -2.33. The number of carbonyl (C=O) groups excluding carboxylic acids is 4. The van der Waals surface area contributed by atoms with Crippen LogP contribution in [-0.4, -0.2) is 47.4 Å². The number of para-hydroxylation sites is 1. The Balaban J connectivity index is 1.51. The van der Waals surface area contributed by atoms with E-state index in [1.54, 1.807) is 12.1 Å². The molecule has 0 aromatic heterocycles. The Morgan fingerprint density at radius 3 is 2.61 bits per heavy atom. The first kappa shape index (κ1) is 19.9. The summed E-state index contributed by atoms with van der Waals surface area (Å²) >= 11 is 0. The molecular formula is C20H25N3O5. The van der Waals surface area contributed by atoms with Gasteiger partial charge in [-0.3, -0.25) is 19.3 Å². The van der Waals surface area contributed by atoms with Gasteiger partial charge >= 0.3 is 12.0 Å². The number of benzene rings is 1. The smallest absolute Gasteiger partial charge is 0.326 e. The van der Waals surface area contributed by atoms with Gasteiger partial charge < -0.3 is 15.4 Å². The molecule has 1 heterocycles. The highest BCUT2D eigenvalue weighted by Crippen LogP contribution is 2.36. The largest absolute Gasteiger partial charge is 0.454 e.